The molecule has 6 nitrogen and oxygen atoms in total. The van der Waals surface area contributed by atoms with E-state index in [1.54, 1.807) is 11.6 Å². The van der Waals surface area contributed by atoms with E-state index in [1.807, 2.05) is 6.92 Å². The Bertz CT molecular complexity index is 469. The summed E-state index contributed by atoms with van der Waals surface area (Å²) in [6.07, 6.45) is 3.74. The Labute approximate surface area is 113 Å². The van der Waals surface area contributed by atoms with Gasteiger partial charge in [-0.15, -0.1) is 0 Å². The molecule has 0 radical (unpaired) electrons. The van der Waals surface area contributed by atoms with E-state index >= 15 is 0 Å². The molecule has 1 aliphatic rings. The van der Waals surface area contributed by atoms with Crippen molar-refractivity contribution in [3.05, 3.63) is 15.8 Å². The average molecular weight is 266 g/mol. The molecular formula is C13H22N4O2. The lowest BCUT2D eigenvalue weighted by molar-refractivity contribution is -0.384. The number of nitro groups is 1. The van der Waals surface area contributed by atoms with Crippen molar-refractivity contribution in [1.82, 2.24) is 9.78 Å². The summed E-state index contributed by atoms with van der Waals surface area (Å²) in [6, 6.07) is 0. The van der Waals surface area contributed by atoms with E-state index in [0.717, 1.165) is 6.54 Å². The van der Waals surface area contributed by atoms with E-state index in [-0.39, 0.29) is 10.6 Å². The van der Waals surface area contributed by atoms with Gasteiger partial charge in [0.25, 0.3) is 0 Å². The highest BCUT2D eigenvalue weighted by molar-refractivity contribution is 5.59. The van der Waals surface area contributed by atoms with E-state index in [4.69, 9.17) is 0 Å². The van der Waals surface area contributed by atoms with E-state index in [0.29, 0.717) is 29.9 Å². The summed E-state index contributed by atoms with van der Waals surface area (Å²) in [5.74, 6) is 1.87. The van der Waals surface area contributed by atoms with Crippen molar-refractivity contribution in [3.63, 3.8) is 0 Å². The molecule has 0 aromatic carbocycles. The first-order chi connectivity index (χ1) is 9.04. The van der Waals surface area contributed by atoms with Gasteiger partial charge in [0.05, 0.1) is 4.92 Å². The van der Waals surface area contributed by atoms with Crippen LogP contribution in [0.25, 0.3) is 0 Å². The van der Waals surface area contributed by atoms with Gasteiger partial charge in [0.1, 0.15) is 5.69 Å². The molecule has 6 heteroatoms. The zero-order valence-corrected chi connectivity index (χ0v) is 11.8. The van der Waals surface area contributed by atoms with Crippen molar-refractivity contribution in [2.45, 2.75) is 46.6 Å². The van der Waals surface area contributed by atoms with Crippen molar-refractivity contribution in [1.29, 1.82) is 0 Å². The fourth-order valence-electron chi connectivity index (χ4n) is 2.95. The van der Waals surface area contributed by atoms with Gasteiger partial charge in [-0.3, -0.25) is 10.1 Å². The first-order valence-electron chi connectivity index (χ1n) is 7.00. The summed E-state index contributed by atoms with van der Waals surface area (Å²) in [5.41, 5.74) is 0.598. The molecule has 1 aliphatic carbocycles. The molecule has 19 heavy (non-hydrogen) atoms. The Hall–Kier alpha value is -1.59. The molecule has 0 amide bonds. The third kappa shape index (κ3) is 2.72. The van der Waals surface area contributed by atoms with Crippen molar-refractivity contribution < 1.29 is 4.92 Å². The van der Waals surface area contributed by atoms with Gasteiger partial charge in [0.2, 0.25) is 5.82 Å². The lowest BCUT2D eigenvalue weighted by atomic mass is 9.98. The minimum atomic E-state index is -0.338. The summed E-state index contributed by atoms with van der Waals surface area (Å²) in [4.78, 5) is 10.8. The smallest absolute Gasteiger partial charge is 0.333 e. The highest BCUT2D eigenvalue weighted by Gasteiger charge is 2.27. The molecule has 0 aliphatic heterocycles. The zero-order valence-electron chi connectivity index (χ0n) is 11.8. The number of aromatic nitrogens is 2. The minimum absolute atomic E-state index is 0.118. The van der Waals surface area contributed by atoms with Crippen LogP contribution in [0.3, 0.4) is 0 Å². The largest absolute Gasteiger partial charge is 0.364 e. The first kappa shape index (κ1) is 13.8. The lowest BCUT2D eigenvalue weighted by Gasteiger charge is -2.16. The number of hydrogen-bond acceptors (Lipinski definition) is 4. The van der Waals surface area contributed by atoms with E-state index in [2.05, 4.69) is 17.3 Å². The van der Waals surface area contributed by atoms with Crippen LogP contribution in [-0.4, -0.2) is 21.2 Å². The molecule has 1 saturated carbocycles. The van der Waals surface area contributed by atoms with Crippen molar-refractivity contribution in [2.75, 3.05) is 11.9 Å². The molecule has 2 atom stereocenters. The zero-order chi connectivity index (χ0) is 14.0. The number of hydrogen-bond donors (Lipinski definition) is 1. The highest BCUT2D eigenvalue weighted by Crippen LogP contribution is 2.33. The second kappa shape index (κ2) is 5.59. The Kier molecular flexibility index (Phi) is 4.07. The van der Waals surface area contributed by atoms with Gasteiger partial charge in [-0.2, -0.15) is 5.10 Å². The van der Waals surface area contributed by atoms with Gasteiger partial charge >= 0.3 is 5.69 Å². The average Bonchev–Trinajstić information content (AvgIpc) is 2.90. The van der Waals surface area contributed by atoms with Crippen LogP contribution in [0.5, 0.6) is 0 Å². The predicted octanol–water partition coefficient (Wildman–Crippen LogP) is 2.97. The molecule has 0 spiro atoms. The SMILES string of the molecule is CCn1nc(C)c([N+](=O)[O-])c1NCC1CCCC1C. The number of anilines is 1. The normalized spacial score (nSPS) is 22.7. The lowest BCUT2D eigenvalue weighted by Crippen LogP contribution is -2.19. The minimum Gasteiger partial charge on any atom is -0.364 e. The maximum atomic E-state index is 11.1. The fraction of sp³-hybridized carbons (Fsp3) is 0.769. The van der Waals surface area contributed by atoms with Crippen LogP contribution in [0.4, 0.5) is 11.5 Å². The molecule has 1 heterocycles. The summed E-state index contributed by atoms with van der Waals surface area (Å²) in [7, 11) is 0. The Morgan fingerprint density at radius 1 is 1.53 bits per heavy atom. The molecule has 1 fully saturated rings. The number of nitrogens with zero attached hydrogens (tertiary/aromatic N) is 3. The van der Waals surface area contributed by atoms with Crippen LogP contribution in [0.2, 0.25) is 0 Å². The third-order valence-electron chi connectivity index (χ3n) is 4.15. The number of nitrogens with one attached hydrogen (secondary N) is 1. The van der Waals surface area contributed by atoms with Crippen molar-refractivity contribution in [2.24, 2.45) is 11.8 Å². The van der Waals surface area contributed by atoms with Crippen LogP contribution in [0.1, 0.15) is 38.8 Å². The Balaban J connectivity index is 2.16. The molecule has 2 rings (SSSR count). The summed E-state index contributed by atoms with van der Waals surface area (Å²) in [6.45, 7) is 7.33. The summed E-state index contributed by atoms with van der Waals surface area (Å²) >= 11 is 0. The van der Waals surface area contributed by atoms with E-state index in [9.17, 15) is 10.1 Å². The maximum absolute atomic E-state index is 11.1. The van der Waals surface area contributed by atoms with Gasteiger partial charge < -0.3 is 5.32 Å². The molecular weight excluding hydrogens is 244 g/mol. The second-order valence-corrected chi connectivity index (χ2v) is 5.40. The Morgan fingerprint density at radius 2 is 2.26 bits per heavy atom. The molecule has 1 N–H and O–H groups in total. The van der Waals surface area contributed by atoms with Crippen LogP contribution >= 0.6 is 0 Å². The van der Waals surface area contributed by atoms with Crippen LogP contribution in [-0.2, 0) is 6.54 Å². The van der Waals surface area contributed by atoms with E-state index in [1.165, 1.54) is 19.3 Å². The second-order valence-electron chi connectivity index (χ2n) is 5.40. The predicted molar refractivity (Wildman–Crippen MR) is 74.3 cm³/mol. The van der Waals surface area contributed by atoms with E-state index < -0.39 is 0 Å². The first-order valence-corrected chi connectivity index (χ1v) is 7.00. The highest BCUT2D eigenvalue weighted by atomic mass is 16.6. The third-order valence-corrected chi connectivity index (χ3v) is 4.15. The molecule has 2 unspecified atom stereocenters. The molecule has 1 aromatic rings. The molecule has 106 valence electrons. The van der Waals surface area contributed by atoms with Gasteiger partial charge in [-0.1, -0.05) is 19.8 Å². The Morgan fingerprint density at radius 3 is 2.79 bits per heavy atom. The monoisotopic (exact) mass is 266 g/mol. The van der Waals surface area contributed by atoms with Crippen LogP contribution in [0.15, 0.2) is 0 Å². The van der Waals surface area contributed by atoms with Gasteiger partial charge in [-0.25, -0.2) is 4.68 Å². The molecule has 0 bridgehead atoms. The standard InChI is InChI=1S/C13H22N4O2/c1-4-16-13(12(17(18)19)10(3)15-16)14-8-11-7-5-6-9(11)2/h9,11,14H,4-8H2,1-3H3. The fourth-order valence-corrected chi connectivity index (χ4v) is 2.95. The molecule has 1 aromatic heterocycles. The van der Waals surface area contributed by atoms with Crippen LogP contribution < -0.4 is 5.32 Å². The van der Waals surface area contributed by atoms with Gasteiger partial charge in [0.15, 0.2) is 0 Å². The number of rotatable bonds is 5. The summed E-state index contributed by atoms with van der Waals surface area (Å²) < 4.78 is 1.69. The quantitative estimate of drug-likeness (QED) is 0.657. The molecule has 0 saturated heterocycles. The topological polar surface area (TPSA) is 73.0 Å². The van der Waals surface area contributed by atoms with Crippen LogP contribution in [0, 0.1) is 28.9 Å². The number of aryl methyl sites for hydroxylation is 2. The van der Waals surface area contributed by atoms with Crippen molar-refractivity contribution >= 4 is 11.5 Å². The summed E-state index contributed by atoms with van der Waals surface area (Å²) in [5, 5.41) is 18.6. The van der Waals surface area contributed by atoms with Gasteiger partial charge in [-0.05, 0) is 32.1 Å². The van der Waals surface area contributed by atoms with Gasteiger partial charge in [0, 0.05) is 13.1 Å². The maximum Gasteiger partial charge on any atom is 0.333 e. The van der Waals surface area contributed by atoms with Crippen molar-refractivity contribution in [3.8, 4) is 0 Å².